The van der Waals surface area contributed by atoms with Crippen LogP contribution in [0.15, 0.2) is 18.3 Å². The summed E-state index contributed by atoms with van der Waals surface area (Å²) in [4.78, 5) is 36.2. The molecule has 0 atom stereocenters. The predicted molar refractivity (Wildman–Crippen MR) is 84.7 cm³/mol. The maximum atomic E-state index is 12.1. The van der Waals surface area contributed by atoms with E-state index in [2.05, 4.69) is 4.74 Å². The highest BCUT2D eigenvalue weighted by Crippen LogP contribution is 2.34. The van der Waals surface area contributed by atoms with Crippen LogP contribution in [0.4, 0.5) is 5.69 Å². The van der Waals surface area contributed by atoms with Crippen molar-refractivity contribution in [2.75, 3.05) is 35.4 Å². The minimum atomic E-state index is -0.772. The zero-order valence-electron chi connectivity index (χ0n) is 14.0. The topological polar surface area (TPSA) is 108 Å². The zero-order chi connectivity index (χ0) is 18.4. The van der Waals surface area contributed by atoms with E-state index in [0.29, 0.717) is 0 Å². The predicted octanol–water partition coefficient (Wildman–Crippen LogP) is 1.47. The van der Waals surface area contributed by atoms with Crippen molar-refractivity contribution in [3.63, 3.8) is 0 Å². The summed E-state index contributed by atoms with van der Waals surface area (Å²) in [6.45, 7) is 0. The van der Waals surface area contributed by atoms with Gasteiger partial charge in [-0.25, -0.2) is 9.59 Å². The number of carbonyl (C=O) groups is 2. The van der Waals surface area contributed by atoms with Gasteiger partial charge in [0.05, 0.1) is 37.4 Å². The highest BCUT2D eigenvalue weighted by molar-refractivity contribution is 6.19. The molecular formula is C15H18N2O7. The van der Waals surface area contributed by atoms with Gasteiger partial charge in [-0.3, -0.25) is 10.1 Å². The molecule has 0 radical (unpaired) electrons. The fraction of sp³-hybridized carbons (Fsp3) is 0.333. The summed E-state index contributed by atoms with van der Waals surface area (Å²) in [5.74, 6) is -1.65. The van der Waals surface area contributed by atoms with Gasteiger partial charge in [-0.2, -0.15) is 0 Å². The van der Waals surface area contributed by atoms with E-state index in [9.17, 15) is 19.7 Å². The molecule has 0 aliphatic rings. The second-order valence-corrected chi connectivity index (χ2v) is 4.82. The molecule has 9 heteroatoms. The molecule has 0 amide bonds. The summed E-state index contributed by atoms with van der Waals surface area (Å²) >= 11 is 0. The largest absolute Gasteiger partial charge is 0.490 e. The maximum absolute atomic E-state index is 12.1. The van der Waals surface area contributed by atoms with Gasteiger partial charge in [0.15, 0.2) is 5.75 Å². The van der Waals surface area contributed by atoms with Gasteiger partial charge in [0.25, 0.3) is 0 Å². The molecule has 130 valence electrons. The number of nitro groups is 1. The lowest BCUT2D eigenvalue weighted by molar-refractivity contribution is -0.385. The Bertz CT molecular complexity index is 695. The van der Waals surface area contributed by atoms with Crippen molar-refractivity contribution < 1.29 is 28.7 Å². The molecule has 1 aromatic carbocycles. The highest BCUT2D eigenvalue weighted by atomic mass is 16.6. The Balaban J connectivity index is 3.80. The maximum Gasteiger partial charge on any atom is 0.339 e. The summed E-state index contributed by atoms with van der Waals surface area (Å²) < 4.78 is 14.3. The van der Waals surface area contributed by atoms with Gasteiger partial charge in [0, 0.05) is 38.0 Å². The van der Waals surface area contributed by atoms with Gasteiger partial charge in [0.2, 0.25) is 0 Å². The van der Waals surface area contributed by atoms with Gasteiger partial charge in [-0.05, 0) is 0 Å². The van der Waals surface area contributed by atoms with Crippen molar-refractivity contribution in [2.24, 2.45) is 0 Å². The lowest BCUT2D eigenvalue weighted by Crippen LogP contribution is -2.14. The number of carbonyl (C=O) groups excluding carboxylic acids is 2. The highest BCUT2D eigenvalue weighted by Gasteiger charge is 2.27. The van der Waals surface area contributed by atoms with Crippen LogP contribution in [0.5, 0.6) is 5.75 Å². The Morgan fingerprint density at radius 1 is 1.12 bits per heavy atom. The van der Waals surface area contributed by atoms with Crippen LogP contribution >= 0.6 is 0 Å². The van der Waals surface area contributed by atoms with Crippen molar-refractivity contribution in [1.82, 2.24) is 4.90 Å². The fourth-order valence-electron chi connectivity index (χ4n) is 1.98. The van der Waals surface area contributed by atoms with E-state index in [-0.39, 0.29) is 22.4 Å². The Morgan fingerprint density at radius 2 is 1.75 bits per heavy atom. The first-order valence-corrected chi connectivity index (χ1v) is 6.68. The molecule has 1 rings (SSSR count). The average Bonchev–Trinajstić information content (AvgIpc) is 2.56. The first kappa shape index (κ1) is 18.9. The van der Waals surface area contributed by atoms with Crippen LogP contribution in [0, 0.1) is 10.1 Å². The number of hydrogen-bond acceptors (Lipinski definition) is 8. The molecule has 0 heterocycles. The molecule has 24 heavy (non-hydrogen) atoms. The van der Waals surface area contributed by atoms with Crippen LogP contribution in [0.2, 0.25) is 0 Å². The third-order valence-corrected chi connectivity index (χ3v) is 3.00. The van der Waals surface area contributed by atoms with Crippen LogP contribution in [0.25, 0.3) is 5.57 Å². The molecular weight excluding hydrogens is 320 g/mol. The number of methoxy groups -OCH3 is 3. The van der Waals surface area contributed by atoms with E-state index in [4.69, 9.17) is 9.47 Å². The molecule has 0 aromatic heterocycles. The van der Waals surface area contributed by atoms with Crippen LogP contribution in [-0.2, 0) is 14.3 Å². The molecule has 0 aliphatic heterocycles. The van der Waals surface area contributed by atoms with E-state index < -0.39 is 22.5 Å². The van der Waals surface area contributed by atoms with Crippen molar-refractivity contribution in [3.05, 3.63) is 39.6 Å². The lowest BCUT2D eigenvalue weighted by atomic mass is 9.98. The molecule has 0 saturated heterocycles. The molecule has 0 saturated carbocycles. The molecule has 0 N–H and O–H groups in total. The average molecular weight is 338 g/mol. The minimum absolute atomic E-state index is 0.00917. The summed E-state index contributed by atoms with van der Waals surface area (Å²) in [5, 5.41) is 11.2. The molecule has 0 bridgehead atoms. The van der Waals surface area contributed by atoms with E-state index in [1.54, 1.807) is 19.0 Å². The minimum Gasteiger partial charge on any atom is -0.490 e. The summed E-state index contributed by atoms with van der Waals surface area (Å²) in [6, 6.07) is 2.24. The van der Waals surface area contributed by atoms with Crippen LogP contribution < -0.4 is 4.74 Å². The van der Waals surface area contributed by atoms with Crippen molar-refractivity contribution >= 4 is 23.2 Å². The SMILES string of the molecule is COC(=O)C(=CN(C)C)c1cc([N+](=O)[O-])c(OC)cc1C(=O)OC. The van der Waals surface area contributed by atoms with Crippen molar-refractivity contribution in [3.8, 4) is 5.75 Å². The quantitative estimate of drug-likeness (QED) is 0.332. The second-order valence-electron chi connectivity index (χ2n) is 4.82. The second kappa shape index (κ2) is 7.95. The van der Waals surface area contributed by atoms with Crippen LogP contribution in [0.1, 0.15) is 15.9 Å². The Labute approximate surface area is 138 Å². The van der Waals surface area contributed by atoms with E-state index >= 15 is 0 Å². The third kappa shape index (κ3) is 4.00. The summed E-state index contributed by atoms with van der Waals surface area (Å²) in [7, 11) is 6.87. The van der Waals surface area contributed by atoms with E-state index in [1.165, 1.54) is 20.4 Å². The molecule has 9 nitrogen and oxygen atoms in total. The number of nitro benzene ring substituents is 1. The normalized spacial score (nSPS) is 10.8. The number of benzene rings is 1. The zero-order valence-corrected chi connectivity index (χ0v) is 14.0. The molecule has 0 fully saturated rings. The summed E-state index contributed by atoms with van der Waals surface area (Å²) in [6.07, 6.45) is 1.39. The van der Waals surface area contributed by atoms with Gasteiger partial charge in [-0.1, -0.05) is 0 Å². The van der Waals surface area contributed by atoms with Gasteiger partial charge < -0.3 is 19.1 Å². The van der Waals surface area contributed by atoms with Gasteiger partial charge in [-0.15, -0.1) is 0 Å². The number of ether oxygens (including phenoxy) is 3. The van der Waals surface area contributed by atoms with Gasteiger partial charge >= 0.3 is 17.6 Å². The third-order valence-electron chi connectivity index (χ3n) is 3.00. The first-order valence-electron chi connectivity index (χ1n) is 6.68. The first-order chi connectivity index (χ1) is 11.3. The Morgan fingerprint density at radius 3 is 2.17 bits per heavy atom. The Kier molecular flexibility index (Phi) is 6.28. The number of nitrogens with zero attached hydrogens (tertiary/aromatic N) is 2. The van der Waals surface area contributed by atoms with E-state index in [1.807, 2.05) is 0 Å². The standard InChI is InChI=1S/C15H18N2O7/c1-16(2)8-11(15(19)24-5)9-6-12(17(20)21)13(22-3)7-10(9)14(18)23-4/h6-8H,1-5H3. The van der Waals surface area contributed by atoms with Crippen LogP contribution in [-0.4, -0.2) is 57.2 Å². The monoisotopic (exact) mass is 338 g/mol. The number of esters is 2. The number of rotatable bonds is 6. The lowest BCUT2D eigenvalue weighted by Gasteiger charge is -2.14. The summed E-state index contributed by atoms with van der Waals surface area (Å²) in [5.41, 5.74) is -0.476. The molecule has 1 aromatic rings. The van der Waals surface area contributed by atoms with Crippen molar-refractivity contribution in [1.29, 1.82) is 0 Å². The van der Waals surface area contributed by atoms with E-state index in [0.717, 1.165) is 19.2 Å². The van der Waals surface area contributed by atoms with Crippen molar-refractivity contribution in [2.45, 2.75) is 0 Å². The van der Waals surface area contributed by atoms with Crippen LogP contribution in [0.3, 0.4) is 0 Å². The molecule has 0 aliphatic carbocycles. The molecule has 0 spiro atoms. The van der Waals surface area contributed by atoms with Gasteiger partial charge in [0.1, 0.15) is 0 Å². The molecule has 0 unspecified atom stereocenters. The fourth-order valence-corrected chi connectivity index (χ4v) is 1.98. The Hall–Kier alpha value is -3.10. The number of hydrogen-bond donors (Lipinski definition) is 0. The smallest absolute Gasteiger partial charge is 0.339 e.